The fourth-order valence-corrected chi connectivity index (χ4v) is 2.96. The molecule has 0 aliphatic carbocycles. The van der Waals surface area contributed by atoms with Gasteiger partial charge in [0.15, 0.2) is 0 Å². The fourth-order valence-electron chi connectivity index (χ4n) is 2.96. The maximum atomic E-state index is 12.2. The molecule has 122 valence electrons. The minimum absolute atomic E-state index is 0.0359. The molecule has 2 rings (SSSR count). The van der Waals surface area contributed by atoms with Crippen molar-refractivity contribution in [2.45, 2.75) is 46.0 Å². The number of likely N-dealkylation sites (tertiary alicyclic amines) is 1. The van der Waals surface area contributed by atoms with Gasteiger partial charge in [-0.2, -0.15) is 0 Å². The summed E-state index contributed by atoms with van der Waals surface area (Å²) < 4.78 is 0. The molecular formula is C19H30N2O. The molecule has 1 amide bonds. The summed E-state index contributed by atoms with van der Waals surface area (Å²) in [4.78, 5) is 14.7. The number of rotatable bonds is 5. The van der Waals surface area contributed by atoms with Crippen molar-refractivity contribution in [2.24, 2.45) is 5.92 Å². The highest BCUT2D eigenvalue weighted by molar-refractivity contribution is 5.94. The number of hydrogen-bond acceptors (Lipinski definition) is 2. The van der Waals surface area contributed by atoms with Crippen LogP contribution in [0, 0.1) is 5.92 Å². The summed E-state index contributed by atoms with van der Waals surface area (Å²) in [5, 5.41) is 3.07. The molecule has 0 aromatic heterocycles. The van der Waals surface area contributed by atoms with Crippen molar-refractivity contribution >= 4 is 5.91 Å². The van der Waals surface area contributed by atoms with Gasteiger partial charge in [0.25, 0.3) is 5.91 Å². The Labute approximate surface area is 135 Å². The zero-order valence-electron chi connectivity index (χ0n) is 14.5. The molecule has 1 saturated heterocycles. The summed E-state index contributed by atoms with van der Waals surface area (Å²) in [6, 6.07) is 7.98. The Morgan fingerprint density at radius 3 is 2.32 bits per heavy atom. The third kappa shape index (κ3) is 4.84. The van der Waals surface area contributed by atoms with Gasteiger partial charge in [-0.1, -0.05) is 39.8 Å². The van der Waals surface area contributed by atoms with Gasteiger partial charge in [-0.25, -0.2) is 0 Å². The summed E-state index contributed by atoms with van der Waals surface area (Å²) in [7, 11) is 0. The number of nitrogens with one attached hydrogen (secondary N) is 1. The van der Waals surface area contributed by atoms with Crippen LogP contribution in [0.2, 0.25) is 0 Å². The second-order valence-electron chi connectivity index (χ2n) is 7.65. The van der Waals surface area contributed by atoms with Crippen molar-refractivity contribution in [3.63, 3.8) is 0 Å². The maximum Gasteiger partial charge on any atom is 0.251 e. The first-order valence-electron chi connectivity index (χ1n) is 8.47. The van der Waals surface area contributed by atoms with Crippen molar-refractivity contribution in [1.82, 2.24) is 10.2 Å². The zero-order valence-corrected chi connectivity index (χ0v) is 14.5. The lowest BCUT2D eigenvalue weighted by Gasteiger charge is -2.21. The number of carbonyl (C=O) groups is 1. The van der Waals surface area contributed by atoms with Crippen LogP contribution in [0.4, 0.5) is 0 Å². The Kier molecular flexibility index (Phi) is 5.63. The molecule has 1 aliphatic heterocycles. The third-order valence-corrected chi connectivity index (χ3v) is 4.39. The van der Waals surface area contributed by atoms with Gasteiger partial charge in [-0.15, -0.1) is 0 Å². The van der Waals surface area contributed by atoms with Gasteiger partial charge in [0.2, 0.25) is 0 Å². The van der Waals surface area contributed by atoms with E-state index in [-0.39, 0.29) is 11.3 Å². The lowest BCUT2D eigenvalue weighted by atomic mass is 9.87. The highest BCUT2D eigenvalue weighted by Gasteiger charge is 2.16. The molecule has 0 radical (unpaired) electrons. The average Bonchev–Trinajstić information content (AvgIpc) is 2.97. The van der Waals surface area contributed by atoms with Gasteiger partial charge in [0, 0.05) is 18.7 Å². The second kappa shape index (κ2) is 7.28. The van der Waals surface area contributed by atoms with Crippen molar-refractivity contribution in [3.8, 4) is 0 Å². The molecule has 0 unspecified atom stereocenters. The van der Waals surface area contributed by atoms with Crippen LogP contribution in [0.15, 0.2) is 24.3 Å². The van der Waals surface area contributed by atoms with Crippen molar-refractivity contribution in [3.05, 3.63) is 35.4 Å². The molecule has 1 fully saturated rings. The summed E-state index contributed by atoms with van der Waals surface area (Å²) in [5.41, 5.74) is 2.13. The Balaban J connectivity index is 1.81. The molecule has 3 heteroatoms. The molecule has 0 saturated carbocycles. The first-order valence-corrected chi connectivity index (χ1v) is 8.47. The Morgan fingerprint density at radius 1 is 1.18 bits per heavy atom. The molecule has 1 aromatic carbocycles. The van der Waals surface area contributed by atoms with Gasteiger partial charge in [-0.3, -0.25) is 4.79 Å². The lowest BCUT2D eigenvalue weighted by molar-refractivity contribution is 0.0945. The molecule has 22 heavy (non-hydrogen) atoms. The molecule has 1 aliphatic rings. The molecule has 0 bridgehead atoms. The first-order chi connectivity index (χ1) is 10.4. The van der Waals surface area contributed by atoms with Gasteiger partial charge in [0.1, 0.15) is 0 Å². The van der Waals surface area contributed by atoms with Crippen LogP contribution < -0.4 is 5.32 Å². The molecule has 1 heterocycles. The van der Waals surface area contributed by atoms with Crippen LogP contribution in [-0.2, 0) is 5.41 Å². The van der Waals surface area contributed by atoms with Crippen LogP contribution in [0.1, 0.15) is 56.5 Å². The monoisotopic (exact) mass is 302 g/mol. The van der Waals surface area contributed by atoms with Crippen LogP contribution in [0.5, 0.6) is 0 Å². The highest BCUT2D eigenvalue weighted by Crippen LogP contribution is 2.22. The predicted octanol–water partition coefficient (Wildman–Crippen LogP) is 3.45. The molecule has 1 aromatic rings. The molecule has 0 spiro atoms. The zero-order chi connectivity index (χ0) is 16.2. The second-order valence-corrected chi connectivity index (χ2v) is 7.65. The van der Waals surface area contributed by atoms with Gasteiger partial charge in [0.05, 0.1) is 0 Å². The number of nitrogens with zero attached hydrogens (tertiary/aromatic N) is 1. The summed E-state index contributed by atoms with van der Waals surface area (Å²) in [6.45, 7) is 13.0. The predicted molar refractivity (Wildman–Crippen MR) is 92.3 cm³/mol. The van der Waals surface area contributed by atoms with Gasteiger partial charge in [-0.05, 0) is 55.0 Å². The van der Waals surface area contributed by atoms with E-state index in [1.54, 1.807) is 0 Å². The van der Waals surface area contributed by atoms with E-state index in [2.05, 4.69) is 50.0 Å². The van der Waals surface area contributed by atoms with Crippen LogP contribution in [0.3, 0.4) is 0 Å². The summed E-state index contributed by atoms with van der Waals surface area (Å²) in [5.74, 6) is 0.532. The van der Waals surface area contributed by atoms with E-state index in [1.807, 2.05) is 12.1 Å². The van der Waals surface area contributed by atoms with E-state index in [4.69, 9.17) is 0 Å². The Morgan fingerprint density at radius 2 is 1.77 bits per heavy atom. The van der Waals surface area contributed by atoms with E-state index < -0.39 is 0 Å². The fraction of sp³-hybridized carbons (Fsp3) is 0.632. The number of hydrogen-bond donors (Lipinski definition) is 1. The average molecular weight is 302 g/mol. The normalized spacial score (nSPS) is 17.5. The molecule has 3 nitrogen and oxygen atoms in total. The minimum atomic E-state index is 0.0359. The smallest absolute Gasteiger partial charge is 0.251 e. The van der Waals surface area contributed by atoms with E-state index in [1.165, 1.54) is 31.5 Å². The van der Waals surface area contributed by atoms with Crippen LogP contribution in [-0.4, -0.2) is 37.0 Å². The molecule has 1 N–H and O–H groups in total. The van der Waals surface area contributed by atoms with Crippen LogP contribution >= 0.6 is 0 Å². The third-order valence-electron chi connectivity index (χ3n) is 4.39. The topological polar surface area (TPSA) is 32.3 Å². The summed E-state index contributed by atoms with van der Waals surface area (Å²) in [6.07, 6.45) is 2.64. The SMILES string of the molecule is C[C@H](CNC(=O)c1ccc(C(C)(C)C)cc1)CN1CCCC1. The summed E-state index contributed by atoms with van der Waals surface area (Å²) >= 11 is 0. The Hall–Kier alpha value is -1.35. The standard InChI is InChI=1S/C19H30N2O/c1-15(14-21-11-5-6-12-21)13-20-18(22)16-7-9-17(10-8-16)19(2,3)4/h7-10,15H,5-6,11-14H2,1-4H3,(H,20,22)/t15-/m1/s1. The van der Waals surface area contributed by atoms with Crippen LogP contribution in [0.25, 0.3) is 0 Å². The Bertz CT molecular complexity index is 481. The van der Waals surface area contributed by atoms with Crippen molar-refractivity contribution in [2.75, 3.05) is 26.2 Å². The van der Waals surface area contributed by atoms with Crippen molar-refractivity contribution in [1.29, 1.82) is 0 Å². The van der Waals surface area contributed by atoms with E-state index in [0.29, 0.717) is 5.92 Å². The number of benzene rings is 1. The van der Waals surface area contributed by atoms with Gasteiger partial charge < -0.3 is 10.2 Å². The number of amides is 1. The highest BCUT2D eigenvalue weighted by atomic mass is 16.1. The van der Waals surface area contributed by atoms with Gasteiger partial charge >= 0.3 is 0 Å². The lowest BCUT2D eigenvalue weighted by Crippen LogP contribution is -2.34. The van der Waals surface area contributed by atoms with E-state index >= 15 is 0 Å². The van der Waals surface area contributed by atoms with E-state index in [9.17, 15) is 4.79 Å². The molecular weight excluding hydrogens is 272 g/mol. The number of carbonyl (C=O) groups excluding carboxylic acids is 1. The largest absolute Gasteiger partial charge is 0.352 e. The maximum absolute atomic E-state index is 12.2. The first kappa shape index (κ1) is 17.0. The minimum Gasteiger partial charge on any atom is -0.352 e. The van der Waals surface area contributed by atoms with E-state index in [0.717, 1.165) is 18.7 Å². The molecule has 1 atom stereocenters. The quantitative estimate of drug-likeness (QED) is 0.903. The van der Waals surface area contributed by atoms with Crippen molar-refractivity contribution < 1.29 is 4.79 Å².